The van der Waals surface area contributed by atoms with Crippen LogP contribution in [0.2, 0.25) is 0 Å². The fourth-order valence-corrected chi connectivity index (χ4v) is 4.49. The number of benzene rings is 1. The van der Waals surface area contributed by atoms with Crippen LogP contribution in [-0.4, -0.2) is 6.54 Å². The van der Waals surface area contributed by atoms with E-state index in [1.54, 1.807) is 0 Å². The Hall–Kier alpha value is -2.02. The molecule has 1 aliphatic carbocycles. The zero-order valence-electron chi connectivity index (χ0n) is 16.5. The zero-order chi connectivity index (χ0) is 18.4. The maximum Gasteiger partial charge on any atom is 0.0425 e. The van der Waals surface area contributed by atoms with E-state index in [2.05, 4.69) is 71.3 Å². The van der Waals surface area contributed by atoms with E-state index in [4.69, 9.17) is 0 Å². The normalized spacial score (nSPS) is 19.6. The Morgan fingerprint density at radius 3 is 2.52 bits per heavy atom. The maximum atomic E-state index is 4.48. The van der Waals surface area contributed by atoms with Crippen LogP contribution in [0.5, 0.6) is 0 Å². The van der Waals surface area contributed by atoms with Crippen LogP contribution in [0.3, 0.4) is 0 Å². The molecular formula is C24H31N. The molecule has 0 aromatic heterocycles. The minimum Gasteiger partial charge on any atom is -0.380 e. The predicted molar refractivity (Wildman–Crippen MR) is 111 cm³/mol. The molecule has 1 aliphatic heterocycles. The lowest BCUT2D eigenvalue weighted by Gasteiger charge is -2.37. The summed E-state index contributed by atoms with van der Waals surface area (Å²) < 4.78 is 0. The number of rotatable bonds is 3. The van der Waals surface area contributed by atoms with Gasteiger partial charge in [0, 0.05) is 17.8 Å². The molecule has 0 spiro atoms. The van der Waals surface area contributed by atoms with Crippen molar-refractivity contribution < 1.29 is 0 Å². The molecule has 1 aromatic rings. The van der Waals surface area contributed by atoms with Gasteiger partial charge in [0.1, 0.15) is 0 Å². The van der Waals surface area contributed by atoms with Crippen LogP contribution in [0, 0.1) is 5.41 Å². The van der Waals surface area contributed by atoms with Gasteiger partial charge in [0.2, 0.25) is 0 Å². The fraction of sp³-hybridized carbons (Fsp3) is 0.417. The molecule has 1 N–H and O–H groups in total. The van der Waals surface area contributed by atoms with Crippen molar-refractivity contribution in [3.05, 3.63) is 70.3 Å². The third kappa shape index (κ3) is 3.25. The number of nitrogens with one attached hydrogen (secondary N) is 1. The molecule has 1 nitrogen and oxygen atoms in total. The lowest BCUT2D eigenvalue weighted by atomic mass is 9.69. The summed E-state index contributed by atoms with van der Waals surface area (Å²) in [5, 5.41) is 3.61. The first-order valence-corrected chi connectivity index (χ1v) is 9.38. The van der Waals surface area contributed by atoms with Crippen molar-refractivity contribution in [3.63, 3.8) is 0 Å². The highest BCUT2D eigenvalue weighted by Gasteiger charge is 2.32. The maximum absolute atomic E-state index is 4.48. The summed E-state index contributed by atoms with van der Waals surface area (Å²) in [7, 11) is 0. The molecule has 0 fully saturated rings. The summed E-state index contributed by atoms with van der Waals surface area (Å²) >= 11 is 0. The SMILES string of the molecule is C=C(C)C1=C(C2=C(C)CC(C)(C)CC2=C)c2ccc(CC)cc2NC1. The van der Waals surface area contributed by atoms with Gasteiger partial charge in [-0.05, 0) is 72.4 Å². The van der Waals surface area contributed by atoms with Gasteiger partial charge in [0.15, 0.2) is 0 Å². The average Bonchev–Trinajstić information content (AvgIpc) is 2.52. The first-order chi connectivity index (χ1) is 11.7. The summed E-state index contributed by atoms with van der Waals surface area (Å²) in [5.41, 5.74) is 12.2. The zero-order valence-corrected chi connectivity index (χ0v) is 16.5. The van der Waals surface area contributed by atoms with Gasteiger partial charge in [-0.3, -0.25) is 0 Å². The van der Waals surface area contributed by atoms with E-state index in [9.17, 15) is 0 Å². The van der Waals surface area contributed by atoms with Crippen molar-refractivity contribution in [1.82, 2.24) is 0 Å². The smallest absolute Gasteiger partial charge is 0.0425 e. The van der Waals surface area contributed by atoms with Crippen LogP contribution in [0.15, 0.2) is 59.2 Å². The van der Waals surface area contributed by atoms with Crippen LogP contribution < -0.4 is 5.32 Å². The van der Waals surface area contributed by atoms with Gasteiger partial charge in [0.25, 0.3) is 0 Å². The van der Waals surface area contributed by atoms with Crippen molar-refractivity contribution in [3.8, 4) is 0 Å². The first-order valence-electron chi connectivity index (χ1n) is 9.38. The number of aryl methyl sites for hydroxylation is 1. The molecule has 2 aliphatic rings. The van der Waals surface area contributed by atoms with Crippen LogP contribution in [0.1, 0.15) is 58.6 Å². The number of anilines is 1. The van der Waals surface area contributed by atoms with Crippen molar-refractivity contribution >= 4 is 11.3 Å². The van der Waals surface area contributed by atoms with E-state index in [-0.39, 0.29) is 0 Å². The molecule has 0 radical (unpaired) electrons. The van der Waals surface area contributed by atoms with Gasteiger partial charge >= 0.3 is 0 Å². The molecule has 1 heteroatoms. The van der Waals surface area contributed by atoms with E-state index in [1.165, 1.54) is 44.7 Å². The molecule has 25 heavy (non-hydrogen) atoms. The Morgan fingerprint density at radius 2 is 1.92 bits per heavy atom. The van der Waals surface area contributed by atoms with Crippen molar-refractivity contribution in [1.29, 1.82) is 0 Å². The summed E-state index contributed by atoms with van der Waals surface area (Å²) in [5.74, 6) is 0. The Morgan fingerprint density at radius 1 is 1.20 bits per heavy atom. The second-order valence-corrected chi connectivity index (χ2v) is 8.50. The standard InChI is InChI=1S/C24H31N/c1-8-18-9-10-19-21(11-18)25-14-20(15(2)3)23(19)22-16(4)12-24(6,7)13-17(22)5/h9-11,25H,2,4,8,12-14H2,1,3,5-7H3. The van der Waals surface area contributed by atoms with Crippen LogP contribution in [0.4, 0.5) is 5.69 Å². The van der Waals surface area contributed by atoms with Gasteiger partial charge in [0.05, 0.1) is 0 Å². The van der Waals surface area contributed by atoms with Crippen LogP contribution in [0.25, 0.3) is 5.57 Å². The minimum atomic E-state index is 0.302. The highest BCUT2D eigenvalue weighted by molar-refractivity contribution is 5.95. The monoisotopic (exact) mass is 333 g/mol. The number of hydrogen-bond donors (Lipinski definition) is 1. The third-order valence-corrected chi connectivity index (χ3v) is 5.50. The van der Waals surface area contributed by atoms with E-state index in [0.717, 1.165) is 31.4 Å². The summed E-state index contributed by atoms with van der Waals surface area (Å²) in [6.07, 6.45) is 3.25. The highest BCUT2D eigenvalue weighted by Crippen LogP contribution is 2.49. The van der Waals surface area contributed by atoms with E-state index in [1.807, 2.05) is 0 Å². The van der Waals surface area contributed by atoms with E-state index >= 15 is 0 Å². The predicted octanol–water partition coefficient (Wildman–Crippen LogP) is 6.70. The van der Waals surface area contributed by atoms with Crippen molar-refractivity contribution in [2.75, 3.05) is 11.9 Å². The molecule has 0 saturated carbocycles. The summed E-state index contributed by atoms with van der Waals surface area (Å²) in [6.45, 7) is 20.9. The van der Waals surface area contributed by atoms with Crippen molar-refractivity contribution in [2.24, 2.45) is 5.41 Å². The highest BCUT2D eigenvalue weighted by atomic mass is 14.9. The van der Waals surface area contributed by atoms with Gasteiger partial charge in [-0.1, -0.05) is 57.2 Å². The molecule has 132 valence electrons. The van der Waals surface area contributed by atoms with Gasteiger partial charge in [-0.15, -0.1) is 0 Å². The Kier molecular flexibility index (Phi) is 4.53. The molecular weight excluding hydrogens is 302 g/mol. The first kappa shape index (κ1) is 17.8. The summed E-state index contributed by atoms with van der Waals surface area (Å²) in [6, 6.07) is 6.84. The summed E-state index contributed by atoms with van der Waals surface area (Å²) in [4.78, 5) is 0. The quantitative estimate of drug-likeness (QED) is 0.649. The fourth-order valence-electron chi connectivity index (χ4n) is 4.49. The van der Waals surface area contributed by atoms with Crippen LogP contribution >= 0.6 is 0 Å². The van der Waals surface area contributed by atoms with Crippen LogP contribution in [-0.2, 0) is 6.42 Å². The topological polar surface area (TPSA) is 12.0 Å². The van der Waals surface area contributed by atoms with Gasteiger partial charge < -0.3 is 5.32 Å². The van der Waals surface area contributed by atoms with Gasteiger partial charge in [-0.25, -0.2) is 0 Å². The Balaban J connectivity index is 2.24. The molecule has 0 saturated heterocycles. The third-order valence-electron chi connectivity index (χ3n) is 5.50. The van der Waals surface area contributed by atoms with E-state index < -0.39 is 0 Å². The second-order valence-electron chi connectivity index (χ2n) is 8.50. The molecule has 0 bridgehead atoms. The molecule has 0 amide bonds. The Labute approximate surface area is 153 Å². The molecule has 1 aromatic carbocycles. The van der Waals surface area contributed by atoms with Gasteiger partial charge in [-0.2, -0.15) is 0 Å². The molecule has 0 atom stereocenters. The second kappa shape index (κ2) is 6.37. The van der Waals surface area contributed by atoms with Crippen molar-refractivity contribution in [2.45, 2.75) is 53.9 Å². The number of allylic oxidation sites excluding steroid dienone is 4. The van der Waals surface area contributed by atoms with E-state index in [0.29, 0.717) is 5.41 Å². The average molecular weight is 334 g/mol. The minimum absolute atomic E-state index is 0.302. The lowest BCUT2D eigenvalue weighted by molar-refractivity contribution is 0.349. The number of hydrogen-bond acceptors (Lipinski definition) is 1. The largest absolute Gasteiger partial charge is 0.380 e. The lowest BCUT2D eigenvalue weighted by Crippen LogP contribution is -2.23. The Bertz CT molecular complexity index is 814. The molecule has 3 rings (SSSR count). The number of fused-ring (bicyclic) bond motifs is 1. The molecule has 1 heterocycles. The molecule has 0 unspecified atom stereocenters.